The summed E-state index contributed by atoms with van der Waals surface area (Å²) in [6.07, 6.45) is 8.19. The first kappa shape index (κ1) is 15.2. The van der Waals surface area contributed by atoms with Crippen molar-refractivity contribution in [3.63, 3.8) is 0 Å². The van der Waals surface area contributed by atoms with Gasteiger partial charge in [-0.3, -0.25) is 13.9 Å². The van der Waals surface area contributed by atoms with Crippen molar-refractivity contribution in [3.05, 3.63) is 36.5 Å². The number of alkyl halides is 1. The van der Waals surface area contributed by atoms with Crippen LogP contribution in [0.4, 0.5) is 10.3 Å². The zero-order valence-corrected chi connectivity index (χ0v) is 13.5. The van der Waals surface area contributed by atoms with Gasteiger partial charge >= 0.3 is 0 Å². The van der Waals surface area contributed by atoms with E-state index in [1.165, 1.54) is 6.42 Å². The topological polar surface area (TPSA) is 42.3 Å². The molecular weight excluding hydrogens is 307 g/mol. The molecule has 24 heavy (non-hydrogen) atoms. The fourth-order valence-corrected chi connectivity index (χ4v) is 2.91. The maximum absolute atomic E-state index is 12.1. The van der Waals surface area contributed by atoms with Crippen molar-refractivity contribution in [2.24, 2.45) is 0 Å². The molecule has 2 aliphatic heterocycles. The molecule has 2 aromatic rings. The molecule has 6 heteroatoms. The third kappa shape index (κ3) is 3.01. The average molecular weight is 328 g/mol. The molecule has 0 saturated carbocycles. The van der Waals surface area contributed by atoms with Gasteiger partial charge in [0.15, 0.2) is 0 Å². The van der Waals surface area contributed by atoms with Crippen LogP contribution in [-0.2, 0) is 0 Å². The zero-order valence-electron chi connectivity index (χ0n) is 13.5. The fourth-order valence-electron chi connectivity index (χ4n) is 2.91. The van der Waals surface area contributed by atoms with Crippen molar-refractivity contribution in [1.29, 1.82) is 0 Å². The smallest absolute Gasteiger partial charge is 0.209 e. The van der Waals surface area contributed by atoms with Gasteiger partial charge in [-0.25, -0.2) is 4.98 Å². The number of fused-ring (bicyclic) bond motifs is 1. The Morgan fingerprint density at radius 2 is 2.08 bits per heavy atom. The van der Waals surface area contributed by atoms with Crippen LogP contribution in [0.3, 0.4) is 0 Å². The number of nitrogens with zero attached hydrogens (tertiary/aromatic N) is 3. The molecule has 126 valence electrons. The van der Waals surface area contributed by atoms with E-state index in [4.69, 9.17) is 9.72 Å². The van der Waals surface area contributed by atoms with Gasteiger partial charge in [-0.1, -0.05) is 0 Å². The Bertz CT molecular complexity index is 721. The molecule has 1 atom stereocenters. The Kier molecular flexibility index (Phi) is 4.21. The lowest BCUT2D eigenvalue weighted by atomic mass is 10.2. The van der Waals surface area contributed by atoms with E-state index in [-0.39, 0.29) is 12.8 Å². The molecule has 1 N–H and O–H groups in total. The van der Waals surface area contributed by atoms with Crippen molar-refractivity contribution < 1.29 is 9.13 Å². The summed E-state index contributed by atoms with van der Waals surface area (Å²) < 4.78 is 19.6. The molecule has 1 unspecified atom stereocenters. The van der Waals surface area contributed by atoms with Gasteiger partial charge in [0.1, 0.15) is 11.9 Å². The number of likely N-dealkylation sites (tertiary alicyclic amines) is 1. The normalized spacial score (nSPS) is 19.5. The van der Waals surface area contributed by atoms with E-state index in [1.807, 2.05) is 35.0 Å². The van der Waals surface area contributed by atoms with Gasteiger partial charge in [0.05, 0.1) is 19.0 Å². The van der Waals surface area contributed by atoms with Gasteiger partial charge in [0.25, 0.3) is 0 Å². The number of hydrogen-bond donors (Lipinski definition) is 1. The standard InChI is InChI=1S/C18H21FN4O/c19-8-1-12-24-15-5-3-14(4-6-15)16-13-23-11-7-17(21-18(23)20-16)22-9-2-10-22/h3-7,11,13,17H,1-2,8-10,12H2,(H,20,21). The molecule has 1 fully saturated rings. The van der Waals surface area contributed by atoms with Crippen molar-refractivity contribution in [3.8, 4) is 17.0 Å². The number of halogens is 1. The number of anilines is 1. The lowest BCUT2D eigenvalue weighted by Crippen LogP contribution is -2.49. The van der Waals surface area contributed by atoms with Crippen LogP contribution >= 0.6 is 0 Å². The summed E-state index contributed by atoms with van der Waals surface area (Å²) in [6.45, 7) is 2.33. The second-order valence-electron chi connectivity index (χ2n) is 6.09. The number of imidazole rings is 1. The van der Waals surface area contributed by atoms with E-state index < -0.39 is 0 Å². The van der Waals surface area contributed by atoms with E-state index in [0.29, 0.717) is 13.0 Å². The summed E-state index contributed by atoms with van der Waals surface area (Å²) in [6, 6.07) is 7.77. The lowest BCUT2D eigenvalue weighted by molar-refractivity contribution is 0.157. The molecule has 2 aliphatic rings. The molecule has 1 aromatic carbocycles. The number of hydrogen-bond acceptors (Lipinski definition) is 4. The Morgan fingerprint density at radius 3 is 2.79 bits per heavy atom. The van der Waals surface area contributed by atoms with Gasteiger partial charge < -0.3 is 10.1 Å². The fraction of sp³-hybridized carbons (Fsp3) is 0.389. The Morgan fingerprint density at radius 1 is 1.25 bits per heavy atom. The first-order chi connectivity index (χ1) is 11.8. The monoisotopic (exact) mass is 328 g/mol. The molecule has 0 spiro atoms. The SMILES string of the molecule is FCCCOc1ccc(-c2cn3c(n2)NC(N2CCC2)C=C3)cc1. The summed E-state index contributed by atoms with van der Waals surface area (Å²) >= 11 is 0. The van der Waals surface area contributed by atoms with E-state index in [1.54, 1.807) is 0 Å². The number of rotatable bonds is 6. The van der Waals surface area contributed by atoms with Crippen molar-refractivity contribution in [2.75, 3.05) is 31.7 Å². The van der Waals surface area contributed by atoms with E-state index in [0.717, 1.165) is 36.0 Å². The van der Waals surface area contributed by atoms with Crippen molar-refractivity contribution >= 4 is 12.1 Å². The van der Waals surface area contributed by atoms with Gasteiger partial charge in [0, 0.05) is 37.5 Å². The Labute approximate surface area is 140 Å². The lowest BCUT2D eigenvalue weighted by Gasteiger charge is -2.38. The highest BCUT2D eigenvalue weighted by Gasteiger charge is 2.25. The maximum atomic E-state index is 12.1. The molecule has 1 saturated heterocycles. The summed E-state index contributed by atoms with van der Waals surface area (Å²) in [5.41, 5.74) is 1.95. The number of nitrogens with one attached hydrogen (secondary N) is 1. The summed E-state index contributed by atoms with van der Waals surface area (Å²) in [5, 5.41) is 3.47. The predicted molar refractivity (Wildman–Crippen MR) is 92.7 cm³/mol. The molecule has 3 heterocycles. The van der Waals surface area contributed by atoms with Crippen molar-refractivity contribution in [1.82, 2.24) is 14.5 Å². The van der Waals surface area contributed by atoms with Crippen molar-refractivity contribution in [2.45, 2.75) is 19.0 Å². The third-order valence-electron chi connectivity index (χ3n) is 4.42. The second-order valence-corrected chi connectivity index (χ2v) is 6.09. The van der Waals surface area contributed by atoms with Crippen LogP contribution in [0.25, 0.3) is 17.5 Å². The molecule has 0 radical (unpaired) electrons. The van der Waals surface area contributed by atoms with Crippen LogP contribution < -0.4 is 10.1 Å². The molecule has 0 bridgehead atoms. The van der Waals surface area contributed by atoms with Gasteiger partial charge in [-0.2, -0.15) is 0 Å². The molecule has 0 amide bonds. The Balaban J connectivity index is 1.46. The molecule has 1 aromatic heterocycles. The van der Waals surface area contributed by atoms with Crippen LogP contribution in [0, 0.1) is 0 Å². The van der Waals surface area contributed by atoms with Crippen LogP contribution in [0.5, 0.6) is 5.75 Å². The first-order valence-corrected chi connectivity index (χ1v) is 8.40. The zero-order chi connectivity index (χ0) is 16.4. The molecule has 5 nitrogen and oxygen atoms in total. The highest BCUT2D eigenvalue weighted by molar-refractivity contribution is 5.64. The van der Waals surface area contributed by atoms with Crippen LogP contribution in [-0.4, -0.2) is 47.0 Å². The quantitative estimate of drug-likeness (QED) is 0.827. The molecule has 0 aliphatic carbocycles. The summed E-state index contributed by atoms with van der Waals surface area (Å²) in [7, 11) is 0. The van der Waals surface area contributed by atoms with Crippen LogP contribution in [0.1, 0.15) is 12.8 Å². The predicted octanol–water partition coefficient (Wildman–Crippen LogP) is 3.22. The number of benzene rings is 1. The largest absolute Gasteiger partial charge is 0.493 e. The van der Waals surface area contributed by atoms with Gasteiger partial charge in [-0.15, -0.1) is 0 Å². The van der Waals surface area contributed by atoms with Gasteiger partial charge in [0.2, 0.25) is 5.95 Å². The second kappa shape index (κ2) is 6.65. The Hall–Kier alpha value is -2.34. The summed E-state index contributed by atoms with van der Waals surface area (Å²) in [5.74, 6) is 1.62. The van der Waals surface area contributed by atoms with Crippen LogP contribution in [0.15, 0.2) is 36.5 Å². The molecule has 4 rings (SSSR count). The minimum Gasteiger partial charge on any atom is -0.493 e. The average Bonchev–Trinajstić information content (AvgIpc) is 2.97. The molecular formula is C18H21FN4O. The summed E-state index contributed by atoms with van der Waals surface area (Å²) in [4.78, 5) is 7.09. The van der Waals surface area contributed by atoms with Gasteiger partial charge in [-0.05, 0) is 36.8 Å². The first-order valence-electron chi connectivity index (χ1n) is 8.40. The van der Waals surface area contributed by atoms with E-state index in [2.05, 4.69) is 22.5 Å². The van der Waals surface area contributed by atoms with E-state index >= 15 is 0 Å². The maximum Gasteiger partial charge on any atom is 0.209 e. The highest BCUT2D eigenvalue weighted by Crippen LogP contribution is 2.27. The highest BCUT2D eigenvalue weighted by atomic mass is 19.1. The number of ether oxygens (including phenoxy) is 1. The van der Waals surface area contributed by atoms with Crippen LogP contribution in [0.2, 0.25) is 0 Å². The minimum absolute atomic E-state index is 0.243. The third-order valence-corrected chi connectivity index (χ3v) is 4.42. The minimum atomic E-state index is -0.350. The number of aromatic nitrogens is 2. The van der Waals surface area contributed by atoms with E-state index in [9.17, 15) is 4.39 Å².